The number of ether oxygens (including phenoxy) is 1. The van der Waals surface area contributed by atoms with Gasteiger partial charge in [-0.05, 0) is 25.8 Å². The number of methoxy groups -OCH3 is 1. The highest BCUT2D eigenvalue weighted by atomic mass is 32.2. The van der Waals surface area contributed by atoms with E-state index in [9.17, 15) is 0 Å². The van der Waals surface area contributed by atoms with Gasteiger partial charge in [0.25, 0.3) is 0 Å². The Bertz CT molecular complexity index is 163. The zero-order valence-electron chi connectivity index (χ0n) is 10.2. The summed E-state index contributed by atoms with van der Waals surface area (Å²) in [6.45, 7) is 5.04. The zero-order chi connectivity index (χ0) is 11.1. The Morgan fingerprint density at radius 1 is 1.60 bits per heavy atom. The van der Waals surface area contributed by atoms with Crippen molar-refractivity contribution in [2.24, 2.45) is 0 Å². The molecule has 0 saturated carbocycles. The van der Waals surface area contributed by atoms with Gasteiger partial charge in [0.15, 0.2) is 0 Å². The fraction of sp³-hybridized carbons (Fsp3) is 1.00. The van der Waals surface area contributed by atoms with Gasteiger partial charge in [-0.2, -0.15) is 11.8 Å². The third-order valence-electron chi connectivity index (χ3n) is 3.05. The molecule has 4 heteroatoms. The summed E-state index contributed by atoms with van der Waals surface area (Å²) in [6, 6.07) is 1.26. The van der Waals surface area contributed by atoms with Gasteiger partial charge in [0.05, 0.1) is 6.61 Å². The summed E-state index contributed by atoms with van der Waals surface area (Å²) < 4.78 is 5.29. The topological polar surface area (TPSA) is 24.5 Å². The second-order valence-electron chi connectivity index (χ2n) is 4.10. The highest BCUT2D eigenvalue weighted by Gasteiger charge is 2.25. The molecule has 0 aliphatic carbocycles. The van der Waals surface area contributed by atoms with Crippen LogP contribution in [0.5, 0.6) is 0 Å². The molecule has 15 heavy (non-hydrogen) atoms. The lowest BCUT2D eigenvalue weighted by Gasteiger charge is -2.32. The van der Waals surface area contributed by atoms with Crippen molar-refractivity contribution in [3.8, 4) is 0 Å². The first kappa shape index (κ1) is 13.3. The Labute approximate surface area is 97.9 Å². The molecule has 1 heterocycles. The molecule has 1 rings (SSSR count). The van der Waals surface area contributed by atoms with E-state index in [4.69, 9.17) is 4.74 Å². The lowest BCUT2D eigenvalue weighted by atomic mass is 10.1. The maximum Gasteiger partial charge on any atom is 0.0630 e. The molecule has 1 aliphatic rings. The van der Waals surface area contributed by atoms with Crippen LogP contribution >= 0.6 is 11.8 Å². The van der Waals surface area contributed by atoms with Crippen LogP contribution < -0.4 is 5.32 Å². The molecule has 0 spiro atoms. The van der Waals surface area contributed by atoms with E-state index in [1.807, 2.05) is 0 Å². The molecule has 0 aromatic heterocycles. The number of rotatable bonds is 7. The van der Waals surface area contributed by atoms with Gasteiger partial charge in [-0.1, -0.05) is 6.92 Å². The third kappa shape index (κ3) is 4.31. The van der Waals surface area contributed by atoms with Crippen molar-refractivity contribution in [1.82, 2.24) is 10.2 Å². The molecule has 2 unspecified atom stereocenters. The summed E-state index contributed by atoms with van der Waals surface area (Å²) >= 11 is 2.07. The van der Waals surface area contributed by atoms with Crippen molar-refractivity contribution in [2.75, 3.05) is 45.4 Å². The Kier molecular flexibility index (Phi) is 6.64. The van der Waals surface area contributed by atoms with E-state index in [0.717, 1.165) is 25.7 Å². The molecule has 1 aliphatic heterocycles. The number of likely N-dealkylation sites (N-methyl/N-ethyl adjacent to an activating group) is 2. The minimum absolute atomic E-state index is 0.513. The Hall–Kier alpha value is 0.230. The maximum absolute atomic E-state index is 5.29. The Morgan fingerprint density at radius 2 is 2.40 bits per heavy atom. The molecule has 90 valence electrons. The number of nitrogens with one attached hydrogen (secondary N) is 1. The highest BCUT2D eigenvalue weighted by Crippen LogP contribution is 2.22. The monoisotopic (exact) mass is 232 g/mol. The molecule has 1 N–H and O–H groups in total. The SMILES string of the molecule is CCNCC(COC)N(C)C1CCSC1. The molecule has 3 nitrogen and oxygen atoms in total. The molecular weight excluding hydrogens is 208 g/mol. The lowest BCUT2D eigenvalue weighted by Crippen LogP contribution is -2.48. The van der Waals surface area contributed by atoms with E-state index in [0.29, 0.717) is 6.04 Å². The summed E-state index contributed by atoms with van der Waals surface area (Å²) in [5.41, 5.74) is 0. The van der Waals surface area contributed by atoms with Gasteiger partial charge in [0, 0.05) is 31.5 Å². The van der Waals surface area contributed by atoms with Crippen LogP contribution in [0.25, 0.3) is 0 Å². The van der Waals surface area contributed by atoms with Crippen LogP contribution in [0.3, 0.4) is 0 Å². The number of hydrogen-bond donors (Lipinski definition) is 1. The normalized spacial score (nSPS) is 23.6. The van der Waals surface area contributed by atoms with Crippen LogP contribution in [0.1, 0.15) is 13.3 Å². The molecule has 0 aromatic carbocycles. The number of hydrogen-bond acceptors (Lipinski definition) is 4. The predicted molar refractivity (Wildman–Crippen MR) is 67.7 cm³/mol. The van der Waals surface area contributed by atoms with Crippen molar-refractivity contribution in [1.29, 1.82) is 0 Å². The van der Waals surface area contributed by atoms with Crippen LogP contribution in [0.2, 0.25) is 0 Å². The van der Waals surface area contributed by atoms with E-state index in [-0.39, 0.29) is 0 Å². The molecule has 0 amide bonds. The standard InChI is InChI=1S/C11H24N2OS/c1-4-12-7-11(8-14-3)13(2)10-5-6-15-9-10/h10-12H,4-9H2,1-3H3. The number of nitrogens with zero attached hydrogens (tertiary/aromatic N) is 1. The lowest BCUT2D eigenvalue weighted by molar-refractivity contribution is 0.0859. The van der Waals surface area contributed by atoms with Gasteiger partial charge in [-0.3, -0.25) is 4.90 Å². The van der Waals surface area contributed by atoms with Crippen molar-refractivity contribution >= 4 is 11.8 Å². The maximum atomic E-state index is 5.29. The molecular formula is C11H24N2OS. The Balaban J connectivity index is 2.37. The zero-order valence-corrected chi connectivity index (χ0v) is 11.0. The average Bonchev–Trinajstić information content (AvgIpc) is 2.76. The van der Waals surface area contributed by atoms with Crippen molar-refractivity contribution in [3.63, 3.8) is 0 Å². The number of thioether (sulfide) groups is 1. The second kappa shape index (κ2) is 7.49. The van der Waals surface area contributed by atoms with Crippen molar-refractivity contribution in [2.45, 2.75) is 25.4 Å². The Morgan fingerprint density at radius 3 is 2.93 bits per heavy atom. The quantitative estimate of drug-likeness (QED) is 0.709. The summed E-state index contributed by atoms with van der Waals surface area (Å²) in [7, 11) is 4.02. The fourth-order valence-electron chi connectivity index (χ4n) is 1.97. The van der Waals surface area contributed by atoms with E-state index in [1.165, 1.54) is 17.9 Å². The van der Waals surface area contributed by atoms with E-state index in [2.05, 4.69) is 35.9 Å². The molecule has 1 fully saturated rings. The molecule has 0 aromatic rings. The van der Waals surface area contributed by atoms with Crippen LogP contribution in [-0.2, 0) is 4.74 Å². The van der Waals surface area contributed by atoms with Gasteiger partial charge >= 0.3 is 0 Å². The molecule has 0 radical (unpaired) electrons. The average molecular weight is 232 g/mol. The predicted octanol–water partition coefficient (Wildman–Crippen LogP) is 1.05. The molecule has 2 atom stereocenters. The largest absolute Gasteiger partial charge is 0.383 e. The first-order valence-corrected chi connectivity index (χ1v) is 6.94. The van der Waals surface area contributed by atoms with Gasteiger partial charge in [0.1, 0.15) is 0 Å². The van der Waals surface area contributed by atoms with Crippen LogP contribution in [-0.4, -0.2) is 62.3 Å². The first-order valence-electron chi connectivity index (χ1n) is 5.79. The minimum Gasteiger partial charge on any atom is -0.383 e. The smallest absolute Gasteiger partial charge is 0.0630 e. The fourth-order valence-corrected chi connectivity index (χ4v) is 3.24. The van der Waals surface area contributed by atoms with Crippen molar-refractivity contribution < 1.29 is 4.74 Å². The minimum atomic E-state index is 0.513. The second-order valence-corrected chi connectivity index (χ2v) is 5.25. The molecule has 1 saturated heterocycles. The van der Waals surface area contributed by atoms with Gasteiger partial charge in [0.2, 0.25) is 0 Å². The van der Waals surface area contributed by atoms with Crippen LogP contribution in [0.15, 0.2) is 0 Å². The van der Waals surface area contributed by atoms with E-state index < -0.39 is 0 Å². The summed E-state index contributed by atoms with van der Waals surface area (Å²) in [5.74, 6) is 2.60. The van der Waals surface area contributed by atoms with Gasteiger partial charge < -0.3 is 10.1 Å². The molecule has 0 bridgehead atoms. The summed E-state index contributed by atoms with van der Waals surface area (Å²) in [5, 5.41) is 3.41. The van der Waals surface area contributed by atoms with Crippen LogP contribution in [0.4, 0.5) is 0 Å². The summed E-state index contributed by atoms with van der Waals surface area (Å²) in [4.78, 5) is 2.49. The first-order chi connectivity index (χ1) is 7.29. The third-order valence-corrected chi connectivity index (χ3v) is 4.19. The van der Waals surface area contributed by atoms with E-state index in [1.54, 1.807) is 7.11 Å². The van der Waals surface area contributed by atoms with E-state index >= 15 is 0 Å². The van der Waals surface area contributed by atoms with Gasteiger partial charge in [-0.25, -0.2) is 0 Å². The van der Waals surface area contributed by atoms with Crippen LogP contribution in [0, 0.1) is 0 Å². The summed E-state index contributed by atoms with van der Waals surface area (Å²) in [6.07, 6.45) is 1.33. The van der Waals surface area contributed by atoms with Crippen molar-refractivity contribution in [3.05, 3.63) is 0 Å². The van der Waals surface area contributed by atoms with Gasteiger partial charge in [-0.15, -0.1) is 0 Å². The highest BCUT2D eigenvalue weighted by molar-refractivity contribution is 7.99.